The van der Waals surface area contributed by atoms with Gasteiger partial charge in [-0.3, -0.25) is 9.59 Å². The summed E-state index contributed by atoms with van der Waals surface area (Å²) in [6, 6.07) is 21.8. The molecule has 1 heterocycles. The summed E-state index contributed by atoms with van der Waals surface area (Å²) in [4.78, 5) is 27.1. The number of amides is 2. The number of hydrogen-bond acceptors (Lipinski definition) is 4. The molecular weight excluding hydrogens is 402 g/mol. The SMILES string of the molecule is COc1ccc(N2CCC(NC(=O)CCNC(=O)c3ccc4ccccc4c3)CC2)cc1. The van der Waals surface area contributed by atoms with Crippen LogP contribution in [0.3, 0.4) is 0 Å². The molecule has 6 heteroatoms. The van der Waals surface area contributed by atoms with Gasteiger partial charge in [-0.1, -0.05) is 30.3 Å². The van der Waals surface area contributed by atoms with E-state index < -0.39 is 0 Å². The van der Waals surface area contributed by atoms with Gasteiger partial charge in [0.2, 0.25) is 5.91 Å². The van der Waals surface area contributed by atoms with Crippen molar-refractivity contribution in [1.29, 1.82) is 0 Å². The van der Waals surface area contributed by atoms with Gasteiger partial charge in [0.25, 0.3) is 5.91 Å². The van der Waals surface area contributed by atoms with Crippen LogP contribution in [0, 0.1) is 0 Å². The number of nitrogens with one attached hydrogen (secondary N) is 2. The number of fused-ring (bicyclic) bond motifs is 1. The van der Waals surface area contributed by atoms with Crippen molar-refractivity contribution in [3.63, 3.8) is 0 Å². The fraction of sp³-hybridized carbons (Fsp3) is 0.308. The molecule has 166 valence electrons. The highest BCUT2D eigenvalue weighted by atomic mass is 16.5. The number of methoxy groups -OCH3 is 1. The maximum absolute atomic E-state index is 12.4. The van der Waals surface area contributed by atoms with Crippen molar-refractivity contribution < 1.29 is 14.3 Å². The highest BCUT2D eigenvalue weighted by Gasteiger charge is 2.21. The van der Waals surface area contributed by atoms with Crippen molar-refractivity contribution in [2.75, 3.05) is 31.6 Å². The number of hydrogen-bond donors (Lipinski definition) is 2. The maximum atomic E-state index is 12.4. The molecule has 1 saturated heterocycles. The van der Waals surface area contributed by atoms with Crippen molar-refractivity contribution in [1.82, 2.24) is 10.6 Å². The Morgan fingerprint density at radius 2 is 1.69 bits per heavy atom. The summed E-state index contributed by atoms with van der Waals surface area (Å²) in [5.41, 5.74) is 1.78. The number of nitrogens with zero attached hydrogens (tertiary/aromatic N) is 1. The van der Waals surface area contributed by atoms with Gasteiger partial charge in [0.1, 0.15) is 5.75 Å². The summed E-state index contributed by atoms with van der Waals surface area (Å²) in [6.45, 7) is 2.12. The fourth-order valence-electron chi connectivity index (χ4n) is 4.10. The third kappa shape index (κ3) is 5.38. The summed E-state index contributed by atoms with van der Waals surface area (Å²) in [7, 11) is 1.66. The Hall–Kier alpha value is -3.54. The second kappa shape index (κ2) is 10.2. The minimum Gasteiger partial charge on any atom is -0.497 e. The molecular formula is C26H29N3O3. The summed E-state index contributed by atoms with van der Waals surface area (Å²) in [5.74, 6) is 0.673. The summed E-state index contributed by atoms with van der Waals surface area (Å²) >= 11 is 0. The molecule has 2 N–H and O–H groups in total. The maximum Gasteiger partial charge on any atom is 0.251 e. The van der Waals surface area contributed by atoms with E-state index in [1.54, 1.807) is 7.11 Å². The third-order valence-corrected chi connectivity index (χ3v) is 5.95. The minimum atomic E-state index is -0.156. The first-order valence-electron chi connectivity index (χ1n) is 11.1. The van der Waals surface area contributed by atoms with Crippen molar-refractivity contribution in [3.05, 3.63) is 72.3 Å². The number of carbonyl (C=O) groups is 2. The van der Waals surface area contributed by atoms with Gasteiger partial charge >= 0.3 is 0 Å². The standard InChI is InChI=1S/C26H29N3O3/c1-32-24-10-8-23(9-11-24)29-16-13-22(14-17-29)28-25(30)12-15-27-26(31)21-7-6-19-4-2-3-5-20(19)18-21/h2-11,18,22H,12-17H2,1H3,(H,27,31)(H,28,30). The Labute approximate surface area is 188 Å². The van der Waals surface area contributed by atoms with Crippen molar-refractivity contribution in [2.45, 2.75) is 25.3 Å². The summed E-state index contributed by atoms with van der Waals surface area (Å²) < 4.78 is 5.21. The molecule has 0 saturated carbocycles. The van der Waals surface area contributed by atoms with E-state index in [0.717, 1.165) is 42.5 Å². The van der Waals surface area contributed by atoms with Crippen LogP contribution in [0.1, 0.15) is 29.6 Å². The average Bonchev–Trinajstić information content (AvgIpc) is 2.84. The molecule has 0 radical (unpaired) electrons. The number of ether oxygens (including phenoxy) is 1. The molecule has 0 aliphatic carbocycles. The molecule has 4 rings (SSSR count). The van der Waals surface area contributed by atoms with E-state index in [4.69, 9.17) is 4.74 Å². The first kappa shape index (κ1) is 21.7. The Morgan fingerprint density at radius 1 is 0.969 bits per heavy atom. The van der Waals surface area contributed by atoms with Gasteiger partial charge in [-0.2, -0.15) is 0 Å². The monoisotopic (exact) mass is 431 g/mol. The van der Waals surface area contributed by atoms with E-state index in [9.17, 15) is 9.59 Å². The van der Waals surface area contributed by atoms with Crippen LogP contribution >= 0.6 is 0 Å². The van der Waals surface area contributed by atoms with Crippen LogP contribution in [-0.2, 0) is 4.79 Å². The zero-order valence-corrected chi connectivity index (χ0v) is 18.3. The molecule has 32 heavy (non-hydrogen) atoms. The summed E-state index contributed by atoms with van der Waals surface area (Å²) in [5, 5.41) is 8.09. The van der Waals surface area contributed by atoms with Crippen LogP contribution in [0.4, 0.5) is 5.69 Å². The van der Waals surface area contributed by atoms with E-state index in [1.165, 1.54) is 5.69 Å². The third-order valence-electron chi connectivity index (χ3n) is 5.95. The Morgan fingerprint density at radius 3 is 2.41 bits per heavy atom. The Bertz CT molecular complexity index is 1070. The highest BCUT2D eigenvalue weighted by molar-refractivity contribution is 5.98. The van der Waals surface area contributed by atoms with E-state index in [1.807, 2.05) is 54.6 Å². The summed E-state index contributed by atoms with van der Waals surface area (Å²) in [6.07, 6.45) is 2.08. The van der Waals surface area contributed by atoms with Gasteiger partial charge in [-0.25, -0.2) is 0 Å². The molecule has 1 fully saturated rings. The topological polar surface area (TPSA) is 70.7 Å². The second-order valence-corrected chi connectivity index (χ2v) is 8.09. The predicted octanol–water partition coefficient (Wildman–Crippen LogP) is 3.75. The zero-order valence-electron chi connectivity index (χ0n) is 18.3. The van der Waals surface area contributed by atoms with Crippen molar-refractivity contribution in [3.8, 4) is 5.75 Å². The Kier molecular flexibility index (Phi) is 6.90. The number of carbonyl (C=O) groups excluding carboxylic acids is 2. The van der Waals surface area contributed by atoms with Crippen molar-refractivity contribution >= 4 is 28.3 Å². The molecule has 3 aromatic carbocycles. The molecule has 2 amide bonds. The first-order valence-corrected chi connectivity index (χ1v) is 11.1. The molecule has 0 atom stereocenters. The lowest BCUT2D eigenvalue weighted by atomic mass is 10.0. The van der Waals surface area contributed by atoms with Crippen molar-refractivity contribution in [2.24, 2.45) is 0 Å². The second-order valence-electron chi connectivity index (χ2n) is 8.09. The van der Waals surface area contributed by atoms with E-state index >= 15 is 0 Å². The molecule has 0 spiro atoms. The highest BCUT2D eigenvalue weighted by Crippen LogP contribution is 2.23. The quantitative estimate of drug-likeness (QED) is 0.598. The molecule has 0 bridgehead atoms. The average molecular weight is 432 g/mol. The molecule has 6 nitrogen and oxygen atoms in total. The molecule has 1 aliphatic heterocycles. The van der Waals surface area contributed by atoms with E-state index in [0.29, 0.717) is 12.1 Å². The lowest BCUT2D eigenvalue weighted by Gasteiger charge is -2.34. The molecule has 0 unspecified atom stereocenters. The number of benzene rings is 3. The van der Waals surface area contributed by atoms with Gasteiger partial charge in [0.15, 0.2) is 0 Å². The number of piperidine rings is 1. The van der Waals surface area contributed by atoms with Crippen LogP contribution in [0.25, 0.3) is 10.8 Å². The van der Waals surface area contributed by atoms with Gasteiger partial charge in [-0.05, 0) is 60.0 Å². The van der Waals surface area contributed by atoms with Gasteiger partial charge in [0, 0.05) is 43.3 Å². The Balaban J connectivity index is 1.18. The predicted molar refractivity (Wildman–Crippen MR) is 127 cm³/mol. The largest absolute Gasteiger partial charge is 0.497 e. The fourth-order valence-corrected chi connectivity index (χ4v) is 4.10. The lowest BCUT2D eigenvalue weighted by molar-refractivity contribution is -0.121. The molecule has 0 aromatic heterocycles. The van der Waals surface area contributed by atoms with Gasteiger partial charge in [0.05, 0.1) is 7.11 Å². The van der Waals surface area contributed by atoms with E-state index in [-0.39, 0.29) is 24.3 Å². The van der Waals surface area contributed by atoms with Crippen LogP contribution in [0.15, 0.2) is 66.7 Å². The number of anilines is 1. The minimum absolute atomic E-state index is 0.0216. The van der Waals surface area contributed by atoms with E-state index in [2.05, 4.69) is 27.7 Å². The zero-order chi connectivity index (χ0) is 22.3. The molecule has 3 aromatic rings. The smallest absolute Gasteiger partial charge is 0.251 e. The normalized spacial score (nSPS) is 14.2. The first-order chi connectivity index (χ1) is 15.6. The van der Waals surface area contributed by atoms with Crippen LogP contribution in [0.5, 0.6) is 5.75 Å². The van der Waals surface area contributed by atoms with Crippen LogP contribution in [0.2, 0.25) is 0 Å². The number of rotatable bonds is 7. The molecule has 1 aliphatic rings. The van der Waals surface area contributed by atoms with Gasteiger partial charge < -0.3 is 20.3 Å². The van der Waals surface area contributed by atoms with Crippen LogP contribution < -0.4 is 20.3 Å². The van der Waals surface area contributed by atoms with Gasteiger partial charge in [-0.15, -0.1) is 0 Å². The lowest BCUT2D eigenvalue weighted by Crippen LogP contribution is -2.45. The van der Waals surface area contributed by atoms with Crippen LogP contribution in [-0.4, -0.2) is 44.6 Å².